The van der Waals surface area contributed by atoms with Crippen LogP contribution in [0.4, 0.5) is 0 Å². The number of hydrogen-bond donors (Lipinski definition) is 1. The number of ether oxygens (including phenoxy) is 1. The van der Waals surface area contributed by atoms with Crippen molar-refractivity contribution in [1.82, 2.24) is 0 Å². The van der Waals surface area contributed by atoms with Crippen molar-refractivity contribution in [2.24, 2.45) is 5.73 Å². The molecule has 1 atom stereocenters. The number of methoxy groups -OCH3 is 1. The van der Waals surface area contributed by atoms with Crippen molar-refractivity contribution >= 4 is 23.4 Å². The molecule has 0 aromatic heterocycles. The van der Waals surface area contributed by atoms with Crippen LogP contribution in [-0.2, 0) is 11.2 Å². The Balaban J connectivity index is 2.62. The van der Waals surface area contributed by atoms with Gasteiger partial charge in [0.05, 0.1) is 0 Å². The average Bonchev–Trinajstić information content (AvgIpc) is 2.26. The molecule has 1 unspecified atom stereocenters. The van der Waals surface area contributed by atoms with Crippen LogP contribution in [0.2, 0.25) is 5.02 Å². The van der Waals surface area contributed by atoms with E-state index in [0.29, 0.717) is 0 Å². The zero-order chi connectivity index (χ0) is 12.7. The molecule has 96 valence electrons. The summed E-state index contributed by atoms with van der Waals surface area (Å²) in [7, 11) is 1.73. The molecule has 0 aliphatic rings. The number of thioether (sulfide) groups is 1. The van der Waals surface area contributed by atoms with E-state index in [9.17, 15) is 0 Å². The second kappa shape index (κ2) is 7.98. The van der Waals surface area contributed by atoms with Gasteiger partial charge in [0, 0.05) is 35.4 Å². The Morgan fingerprint density at radius 3 is 2.88 bits per heavy atom. The van der Waals surface area contributed by atoms with E-state index in [4.69, 9.17) is 22.1 Å². The van der Waals surface area contributed by atoms with Gasteiger partial charge < -0.3 is 10.5 Å². The van der Waals surface area contributed by atoms with E-state index < -0.39 is 0 Å². The molecule has 4 heteroatoms. The second-order valence-corrected chi connectivity index (χ2v) is 5.70. The Labute approximate surface area is 113 Å². The minimum Gasteiger partial charge on any atom is -0.385 e. The molecule has 2 N–H and O–H groups in total. The summed E-state index contributed by atoms with van der Waals surface area (Å²) >= 11 is 7.86. The van der Waals surface area contributed by atoms with Crippen molar-refractivity contribution in [3.05, 3.63) is 28.8 Å². The zero-order valence-corrected chi connectivity index (χ0v) is 12.0. The summed E-state index contributed by atoms with van der Waals surface area (Å²) in [6, 6.07) is 6.19. The standard InChI is InChI=1S/C13H20ClNOS/c1-10(15)8-11-9-12(14)4-5-13(11)17-7-3-6-16-2/h4-5,9-10H,3,6-8,15H2,1-2H3. The smallest absolute Gasteiger partial charge is 0.0470 e. The average molecular weight is 274 g/mol. The van der Waals surface area contributed by atoms with Gasteiger partial charge in [-0.1, -0.05) is 11.6 Å². The van der Waals surface area contributed by atoms with E-state index in [1.165, 1.54) is 10.5 Å². The largest absolute Gasteiger partial charge is 0.385 e. The fraction of sp³-hybridized carbons (Fsp3) is 0.538. The first-order valence-electron chi connectivity index (χ1n) is 5.79. The molecule has 0 aliphatic heterocycles. The van der Waals surface area contributed by atoms with Crippen LogP contribution in [0.25, 0.3) is 0 Å². The summed E-state index contributed by atoms with van der Waals surface area (Å²) in [6.45, 7) is 2.82. The predicted molar refractivity (Wildman–Crippen MR) is 76.0 cm³/mol. The highest BCUT2D eigenvalue weighted by molar-refractivity contribution is 7.99. The van der Waals surface area contributed by atoms with Crippen LogP contribution in [0.5, 0.6) is 0 Å². The first-order valence-corrected chi connectivity index (χ1v) is 7.15. The van der Waals surface area contributed by atoms with Crippen molar-refractivity contribution in [1.29, 1.82) is 0 Å². The molecule has 0 spiro atoms. The van der Waals surface area contributed by atoms with Gasteiger partial charge in [0.1, 0.15) is 0 Å². The monoisotopic (exact) mass is 273 g/mol. The third kappa shape index (κ3) is 5.77. The minimum absolute atomic E-state index is 0.159. The maximum absolute atomic E-state index is 6.01. The van der Waals surface area contributed by atoms with Crippen molar-refractivity contribution in [3.8, 4) is 0 Å². The summed E-state index contributed by atoms with van der Waals surface area (Å²) < 4.78 is 5.04. The highest BCUT2D eigenvalue weighted by atomic mass is 35.5. The van der Waals surface area contributed by atoms with Crippen LogP contribution in [0.3, 0.4) is 0 Å². The molecule has 0 radical (unpaired) electrons. The molecule has 0 aliphatic carbocycles. The molecule has 2 nitrogen and oxygen atoms in total. The van der Waals surface area contributed by atoms with Gasteiger partial charge in [-0.3, -0.25) is 0 Å². The van der Waals surface area contributed by atoms with Crippen LogP contribution in [0.1, 0.15) is 18.9 Å². The Bertz CT molecular complexity index is 344. The van der Waals surface area contributed by atoms with Crippen molar-refractivity contribution < 1.29 is 4.74 Å². The summed E-state index contributed by atoms with van der Waals surface area (Å²) in [6.07, 6.45) is 1.93. The molecule has 1 aromatic carbocycles. The Hall–Kier alpha value is -0.220. The van der Waals surface area contributed by atoms with Gasteiger partial charge in [0.25, 0.3) is 0 Å². The molecule has 0 saturated heterocycles. The Morgan fingerprint density at radius 2 is 2.24 bits per heavy atom. The molecule has 1 rings (SSSR count). The molecule has 0 amide bonds. The Morgan fingerprint density at radius 1 is 1.47 bits per heavy atom. The highest BCUT2D eigenvalue weighted by Crippen LogP contribution is 2.27. The topological polar surface area (TPSA) is 35.2 Å². The van der Waals surface area contributed by atoms with Crippen LogP contribution >= 0.6 is 23.4 Å². The maximum Gasteiger partial charge on any atom is 0.0470 e. The van der Waals surface area contributed by atoms with Crippen molar-refractivity contribution in [3.63, 3.8) is 0 Å². The first kappa shape index (κ1) is 14.8. The molecular formula is C13H20ClNOS. The van der Waals surface area contributed by atoms with Gasteiger partial charge in [-0.05, 0) is 43.5 Å². The number of rotatable bonds is 7. The lowest BCUT2D eigenvalue weighted by Gasteiger charge is -2.11. The summed E-state index contributed by atoms with van der Waals surface area (Å²) in [5.41, 5.74) is 7.09. The number of hydrogen-bond acceptors (Lipinski definition) is 3. The number of halogens is 1. The van der Waals surface area contributed by atoms with Crippen LogP contribution in [-0.4, -0.2) is 25.5 Å². The lowest BCUT2D eigenvalue weighted by molar-refractivity contribution is 0.200. The molecule has 0 bridgehead atoms. The van der Waals surface area contributed by atoms with E-state index >= 15 is 0 Å². The van der Waals surface area contributed by atoms with Crippen LogP contribution < -0.4 is 5.73 Å². The molecule has 0 heterocycles. The third-order valence-corrected chi connectivity index (χ3v) is 3.75. The highest BCUT2D eigenvalue weighted by Gasteiger charge is 2.06. The van der Waals surface area contributed by atoms with Gasteiger partial charge in [-0.2, -0.15) is 0 Å². The van der Waals surface area contributed by atoms with Crippen molar-refractivity contribution in [2.75, 3.05) is 19.5 Å². The number of benzene rings is 1. The molecule has 17 heavy (non-hydrogen) atoms. The quantitative estimate of drug-likeness (QED) is 0.611. The van der Waals surface area contributed by atoms with Crippen molar-refractivity contribution in [2.45, 2.75) is 30.7 Å². The summed E-state index contributed by atoms with van der Waals surface area (Å²) in [5, 5.41) is 0.780. The second-order valence-electron chi connectivity index (χ2n) is 4.13. The summed E-state index contributed by atoms with van der Waals surface area (Å²) in [4.78, 5) is 1.28. The SMILES string of the molecule is COCCCSc1ccc(Cl)cc1CC(C)N. The lowest BCUT2D eigenvalue weighted by Crippen LogP contribution is -2.18. The lowest BCUT2D eigenvalue weighted by atomic mass is 10.1. The van der Waals surface area contributed by atoms with Gasteiger partial charge in [0.2, 0.25) is 0 Å². The fourth-order valence-electron chi connectivity index (χ4n) is 1.58. The van der Waals surface area contributed by atoms with Gasteiger partial charge in [-0.15, -0.1) is 11.8 Å². The molecule has 0 saturated carbocycles. The molecular weight excluding hydrogens is 254 g/mol. The maximum atomic E-state index is 6.01. The minimum atomic E-state index is 0.159. The van der Waals surface area contributed by atoms with E-state index in [-0.39, 0.29) is 6.04 Å². The van der Waals surface area contributed by atoms with Crippen LogP contribution in [0.15, 0.2) is 23.1 Å². The van der Waals surface area contributed by atoms with E-state index in [0.717, 1.165) is 30.2 Å². The van der Waals surface area contributed by atoms with Gasteiger partial charge in [0.15, 0.2) is 0 Å². The van der Waals surface area contributed by atoms with Gasteiger partial charge >= 0.3 is 0 Å². The normalized spacial score (nSPS) is 12.7. The molecule has 1 aromatic rings. The first-order chi connectivity index (χ1) is 8.13. The van der Waals surface area contributed by atoms with E-state index in [1.54, 1.807) is 7.11 Å². The van der Waals surface area contributed by atoms with Gasteiger partial charge in [-0.25, -0.2) is 0 Å². The third-order valence-electron chi connectivity index (χ3n) is 2.31. The van der Waals surface area contributed by atoms with Crippen LogP contribution in [0, 0.1) is 0 Å². The zero-order valence-electron chi connectivity index (χ0n) is 10.4. The fourth-order valence-corrected chi connectivity index (χ4v) is 2.75. The van der Waals surface area contributed by atoms with E-state index in [2.05, 4.69) is 6.07 Å². The number of nitrogens with two attached hydrogens (primary N) is 1. The Kier molecular flexibility index (Phi) is 6.97. The summed E-state index contributed by atoms with van der Waals surface area (Å²) in [5.74, 6) is 1.06. The predicted octanol–water partition coefficient (Wildman–Crippen LogP) is 3.36. The molecule has 0 fully saturated rings. The van der Waals surface area contributed by atoms with E-state index in [1.807, 2.05) is 30.8 Å².